The Kier molecular flexibility index (Phi) is 7.36. The summed E-state index contributed by atoms with van der Waals surface area (Å²) in [5, 5.41) is 3.39. The maximum Gasteiger partial charge on any atom is 0.148 e. The van der Waals surface area contributed by atoms with Crippen LogP contribution in [-0.4, -0.2) is 25.9 Å². The summed E-state index contributed by atoms with van der Waals surface area (Å²) < 4.78 is 12.8. The molecule has 3 nitrogen and oxygen atoms in total. The van der Waals surface area contributed by atoms with Crippen molar-refractivity contribution in [3.05, 3.63) is 26.6 Å². The molecular weight excluding hydrogens is 374 g/mol. The Balaban J connectivity index is 2.79. The summed E-state index contributed by atoms with van der Waals surface area (Å²) in [4.78, 5) is 0. The second-order valence-corrected chi connectivity index (χ2v) is 6.52. The summed E-state index contributed by atoms with van der Waals surface area (Å²) in [5.41, 5.74) is 1.21. The van der Waals surface area contributed by atoms with Gasteiger partial charge >= 0.3 is 0 Å². The summed E-state index contributed by atoms with van der Waals surface area (Å²) in [6.45, 7) is 7.65. The third-order valence-electron chi connectivity index (χ3n) is 2.49. The van der Waals surface area contributed by atoms with Gasteiger partial charge in [0.15, 0.2) is 0 Å². The molecule has 1 aromatic carbocycles. The molecule has 0 heterocycles. The fourth-order valence-electron chi connectivity index (χ4n) is 1.62. The van der Waals surface area contributed by atoms with E-state index in [0.717, 1.165) is 21.2 Å². The van der Waals surface area contributed by atoms with E-state index in [2.05, 4.69) is 63.2 Å². The van der Waals surface area contributed by atoms with Crippen LogP contribution in [0.5, 0.6) is 5.75 Å². The van der Waals surface area contributed by atoms with Gasteiger partial charge in [-0.1, -0.05) is 13.8 Å². The molecule has 0 amide bonds. The van der Waals surface area contributed by atoms with Crippen LogP contribution in [0, 0.1) is 0 Å². The minimum absolute atomic E-state index is 0.0113. The highest BCUT2D eigenvalue weighted by Crippen LogP contribution is 2.35. The van der Waals surface area contributed by atoms with Crippen molar-refractivity contribution in [3.8, 4) is 5.75 Å². The number of hydrogen-bond donors (Lipinski definition) is 1. The molecule has 0 saturated heterocycles. The third-order valence-corrected chi connectivity index (χ3v) is 3.67. The Hall–Kier alpha value is -0.100. The van der Waals surface area contributed by atoms with E-state index in [1.165, 1.54) is 5.56 Å². The maximum atomic E-state index is 5.86. The van der Waals surface area contributed by atoms with Crippen LogP contribution in [0.25, 0.3) is 0 Å². The van der Waals surface area contributed by atoms with Gasteiger partial charge < -0.3 is 14.8 Å². The quantitative estimate of drug-likeness (QED) is 0.754. The van der Waals surface area contributed by atoms with E-state index in [1.54, 1.807) is 7.11 Å². The van der Waals surface area contributed by atoms with Gasteiger partial charge in [0, 0.05) is 19.7 Å². The van der Waals surface area contributed by atoms with Crippen molar-refractivity contribution in [3.63, 3.8) is 0 Å². The van der Waals surface area contributed by atoms with Crippen LogP contribution in [0.1, 0.15) is 26.3 Å². The van der Waals surface area contributed by atoms with Crippen LogP contribution in [0.3, 0.4) is 0 Å². The lowest BCUT2D eigenvalue weighted by Gasteiger charge is -2.17. The Morgan fingerprint density at radius 2 is 1.74 bits per heavy atom. The average molecular weight is 395 g/mol. The summed E-state index contributed by atoms with van der Waals surface area (Å²) in [7, 11) is 1.67. The maximum absolute atomic E-state index is 5.86. The molecule has 0 fully saturated rings. The number of nitrogens with one attached hydrogen (secondary N) is 1. The van der Waals surface area contributed by atoms with E-state index in [1.807, 2.05) is 6.92 Å². The molecule has 1 N–H and O–H groups in total. The molecule has 1 rings (SSSR count). The van der Waals surface area contributed by atoms with Gasteiger partial charge in [-0.15, -0.1) is 0 Å². The van der Waals surface area contributed by atoms with Crippen molar-refractivity contribution >= 4 is 31.9 Å². The van der Waals surface area contributed by atoms with Crippen molar-refractivity contribution in [1.82, 2.24) is 5.32 Å². The van der Waals surface area contributed by atoms with Gasteiger partial charge in [0.1, 0.15) is 11.9 Å². The second kappa shape index (κ2) is 8.25. The Bertz CT molecular complexity index is 387. The van der Waals surface area contributed by atoms with E-state index in [9.17, 15) is 0 Å². The van der Waals surface area contributed by atoms with Crippen LogP contribution in [0.4, 0.5) is 0 Å². The Morgan fingerprint density at radius 3 is 2.21 bits per heavy atom. The first kappa shape index (κ1) is 17.0. The lowest BCUT2D eigenvalue weighted by Crippen LogP contribution is -2.22. The van der Waals surface area contributed by atoms with Crippen molar-refractivity contribution < 1.29 is 9.47 Å². The van der Waals surface area contributed by atoms with Crippen molar-refractivity contribution in [1.29, 1.82) is 0 Å². The molecule has 0 aliphatic heterocycles. The predicted octanol–water partition coefficient (Wildman–Crippen LogP) is 4.12. The molecule has 0 spiro atoms. The summed E-state index contributed by atoms with van der Waals surface area (Å²) in [5.74, 6) is 0.817. The van der Waals surface area contributed by atoms with E-state index >= 15 is 0 Å². The monoisotopic (exact) mass is 393 g/mol. The van der Waals surface area contributed by atoms with E-state index < -0.39 is 0 Å². The first-order chi connectivity index (χ1) is 8.93. The zero-order valence-electron chi connectivity index (χ0n) is 11.8. The Morgan fingerprint density at radius 1 is 1.16 bits per heavy atom. The largest absolute Gasteiger partial charge is 0.486 e. The van der Waals surface area contributed by atoms with Gasteiger partial charge in [0.05, 0.1) is 15.6 Å². The number of halogens is 2. The van der Waals surface area contributed by atoms with Crippen molar-refractivity contribution in [2.75, 3.05) is 13.7 Å². The van der Waals surface area contributed by atoms with Crippen LogP contribution < -0.4 is 10.1 Å². The Labute approximate surface area is 132 Å². The normalized spacial score (nSPS) is 12.8. The molecule has 1 unspecified atom stereocenters. The third kappa shape index (κ3) is 5.81. The van der Waals surface area contributed by atoms with Crippen LogP contribution >= 0.6 is 31.9 Å². The zero-order valence-corrected chi connectivity index (χ0v) is 15.0. The topological polar surface area (TPSA) is 30.5 Å². The van der Waals surface area contributed by atoms with Gasteiger partial charge in [-0.3, -0.25) is 0 Å². The van der Waals surface area contributed by atoms with Crippen LogP contribution in [0.15, 0.2) is 21.1 Å². The molecule has 1 aromatic rings. The lowest BCUT2D eigenvalue weighted by atomic mass is 10.2. The fraction of sp³-hybridized carbons (Fsp3) is 0.571. The summed E-state index contributed by atoms with van der Waals surface area (Å²) >= 11 is 7.12. The predicted molar refractivity (Wildman–Crippen MR) is 85.8 cm³/mol. The van der Waals surface area contributed by atoms with E-state index in [0.29, 0.717) is 12.6 Å². The van der Waals surface area contributed by atoms with Gasteiger partial charge in [-0.25, -0.2) is 0 Å². The zero-order chi connectivity index (χ0) is 14.4. The summed E-state index contributed by atoms with van der Waals surface area (Å²) in [6.07, 6.45) is 0.0113. The molecule has 5 heteroatoms. The highest BCUT2D eigenvalue weighted by Gasteiger charge is 2.12. The lowest BCUT2D eigenvalue weighted by molar-refractivity contribution is 0.0910. The average Bonchev–Trinajstić information content (AvgIpc) is 2.31. The molecule has 0 aromatic heterocycles. The standard InChI is InChI=1S/C14H21Br2NO2/c1-9(2)17-7-11-5-12(15)14(13(16)6-11)19-10(3)8-18-4/h5-6,9-10,17H,7-8H2,1-4H3. The molecule has 0 saturated carbocycles. The van der Waals surface area contributed by atoms with Gasteiger partial charge in [-0.05, 0) is 56.5 Å². The van der Waals surface area contributed by atoms with Crippen LogP contribution in [-0.2, 0) is 11.3 Å². The molecule has 1 atom stereocenters. The molecular formula is C14H21Br2NO2. The molecule has 0 bridgehead atoms. The number of methoxy groups -OCH3 is 1. The highest BCUT2D eigenvalue weighted by molar-refractivity contribution is 9.11. The minimum atomic E-state index is 0.0113. The van der Waals surface area contributed by atoms with Gasteiger partial charge in [0.2, 0.25) is 0 Å². The molecule has 108 valence electrons. The van der Waals surface area contributed by atoms with Crippen molar-refractivity contribution in [2.24, 2.45) is 0 Å². The first-order valence-corrected chi connectivity index (χ1v) is 7.89. The molecule has 0 aliphatic rings. The number of ether oxygens (including phenoxy) is 2. The summed E-state index contributed by atoms with van der Waals surface area (Å²) in [6, 6.07) is 4.62. The highest BCUT2D eigenvalue weighted by atomic mass is 79.9. The van der Waals surface area contributed by atoms with Crippen LogP contribution in [0.2, 0.25) is 0 Å². The molecule has 0 radical (unpaired) electrons. The van der Waals surface area contributed by atoms with Gasteiger partial charge in [-0.2, -0.15) is 0 Å². The SMILES string of the molecule is COCC(C)Oc1c(Br)cc(CNC(C)C)cc1Br. The van der Waals surface area contributed by atoms with Crippen molar-refractivity contribution in [2.45, 2.75) is 39.5 Å². The smallest absolute Gasteiger partial charge is 0.148 e. The minimum Gasteiger partial charge on any atom is -0.486 e. The molecule has 19 heavy (non-hydrogen) atoms. The van der Waals surface area contributed by atoms with E-state index in [4.69, 9.17) is 9.47 Å². The molecule has 0 aliphatic carbocycles. The second-order valence-electron chi connectivity index (χ2n) is 4.81. The van der Waals surface area contributed by atoms with Gasteiger partial charge in [0.25, 0.3) is 0 Å². The number of benzene rings is 1. The number of rotatable bonds is 7. The first-order valence-electron chi connectivity index (χ1n) is 6.31. The van der Waals surface area contributed by atoms with E-state index in [-0.39, 0.29) is 6.10 Å². The number of hydrogen-bond acceptors (Lipinski definition) is 3. The fourth-order valence-corrected chi connectivity index (χ4v) is 3.09.